The molecule has 4 heterocycles. The maximum Gasteiger partial charge on any atom is 0.259 e. The van der Waals surface area contributed by atoms with Crippen molar-refractivity contribution in [3.8, 4) is 11.5 Å². The van der Waals surface area contributed by atoms with Crippen molar-refractivity contribution in [1.82, 2.24) is 20.1 Å². The highest BCUT2D eigenvalue weighted by Gasteiger charge is 2.33. The smallest absolute Gasteiger partial charge is 0.259 e. The summed E-state index contributed by atoms with van der Waals surface area (Å²) >= 11 is 0. The molecule has 0 saturated carbocycles. The van der Waals surface area contributed by atoms with E-state index >= 15 is 0 Å². The number of aromatic nitrogens is 1. The fourth-order valence-electron chi connectivity index (χ4n) is 4.70. The highest BCUT2D eigenvalue weighted by Crippen LogP contribution is 2.43. The number of amides is 1. The van der Waals surface area contributed by atoms with Crippen LogP contribution in [0.4, 0.5) is 5.69 Å². The SMILES string of the molecule is C=CC(COc1ccc2c(c1OC)N=C(NC(=O)c1cccnc1C)N1CCN=C21)CN1CCOCC1. The largest absolute Gasteiger partial charge is 0.491 e. The number of aliphatic imine (C=N–C) groups is 2. The van der Waals surface area contributed by atoms with E-state index in [2.05, 4.69) is 26.8 Å². The number of guanidine groups is 1. The molecule has 1 aromatic heterocycles. The van der Waals surface area contributed by atoms with E-state index in [1.807, 2.05) is 23.1 Å². The number of nitrogens with zero attached hydrogens (tertiary/aromatic N) is 5. The Kier molecular flexibility index (Phi) is 7.47. The average Bonchev–Trinajstić information content (AvgIpc) is 3.42. The summed E-state index contributed by atoms with van der Waals surface area (Å²) in [6, 6.07) is 7.32. The lowest BCUT2D eigenvalue weighted by molar-refractivity contribution is 0.0305. The van der Waals surface area contributed by atoms with Gasteiger partial charge in [0.25, 0.3) is 5.91 Å². The molecule has 0 spiro atoms. The second kappa shape index (κ2) is 11.1. The summed E-state index contributed by atoms with van der Waals surface area (Å²) in [5, 5.41) is 2.95. The Labute approximate surface area is 216 Å². The highest BCUT2D eigenvalue weighted by atomic mass is 16.5. The number of fused-ring (bicyclic) bond motifs is 3. The van der Waals surface area contributed by atoms with Gasteiger partial charge >= 0.3 is 0 Å². The van der Waals surface area contributed by atoms with Crippen LogP contribution in [0.2, 0.25) is 0 Å². The third-order valence-electron chi connectivity index (χ3n) is 6.71. The number of rotatable bonds is 8. The van der Waals surface area contributed by atoms with Gasteiger partial charge in [-0.25, -0.2) is 4.99 Å². The van der Waals surface area contributed by atoms with Crippen LogP contribution in [0, 0.1) is 12.8 Å². The molecule has 1 amide bonds. The van der Waals surface area contributed by atoms with Gasteiger partial charge in [-0.15, -0.1) is 6.58 Å². The molecule has 1 atom stereocenters. The van der Waals surface area contributed by atoms with Crippen molar-refractivity contribution in [2.24, 2.45) is 15.9 Å². The number of hydrogen-bond donors (Lipinski definition) is 1. The average molecular weight is 505 g/mol. The van der Waals surface area contributed by atoms with Crippen molar-refractivity contribution >= 4 is 23.4 Å². The first-order valence-electron chi connectivity index (χ1n) is 12.5. The van der Waals surface area contributed by atoms with Gasteiger partial charge in [0.2, 0.25) is 5.96 Å². The number of benzene rings is 1. The first kappa shape index (κ1) is 24.9. The van der Waals surface area contributed by atoms with Crippen LogP contribution < -0.4 is 14.8 Å². The Morgan fingerprint density at radius 2 is 2.11 bits per heavy atom. The molecular weight excluding hydrogens is 472 g/mol. The van der Waals surface area contributed by atoms with Crippen molar-refractivity contribution in [2.75, 3.05) is 59.7 Å². The fourth-order valence-corrected chi connectivity index (χ4v) is 4.70. The van der Waals surface area contributed by atoms with E-state index in [0.29, 0.717) is 54.1 Å². The van der Waals surface area contributed by atoms with Gasteiger partial charge in [-0.1, -0.05) is 6.08 Å². The number of carbonyl (C=O) groups is 1. The first-order chi connectivity index (χ1) is 18.1. The zero-order valence-electron chi connectivity index (χ0n) is 21.3. The van der Waals surface area contributed by atoms with Gasteiger partial charge in [0, 0.05) is 49.6 Å². The summed E-state index contributed by atoms with van der Waals surface area (Å²) < 4.78 is 17.5. The summed E-state index contributed by atoms with van der Waals surface area (Å²) in [5.74, 6) is 2.12. The number of ether oxygens (including phenoxy) is 3. The highest BCUT2D eigenvalue weighted by molar-refractivity contribution is 6.20. The van der Waals surface area contributed by atoms with Crippen LogP contribution in [0.15, 0.2) is 53.1 Å². The zero-order chi connectivity index (χ0) is 25.8. The van der Waals surface area contributed by atoms with Gasteiger partial charge < -0.3 is 14.2 Å². The van der Waals surface area contributed by atoms with E-state index in [9.17, 15) is 4.79 Å². The number of nitrogens with one attached hydrogen (secondary N) is 1. The molecule has 1 fully saturated rings. The zero-order valence-corrected chi connectivity index (χ0v) is 21.3. The molecule has 0 bridgehead atoms. The van der Waals surface area contributed by atoms with Crippen LogP contribution in [0.3, 0.4) is 0 Å². The van der Waals surface area contributed by atoms with Crippen LogP contribution in [0.5, 0.6) is 11.5 Å². The van der Waals surface area contributed by atoms with Gasteiger partial charge in [-0.05, 0) is 31.2 Å². The number of aryl methyl sites for hydroxylation is 1. The van der Waals surface area contributed by atoms with Gasteiger partial charge in [-0.2, -0.15) is 0 Å². The summed E-state index contributed by atoms with van der Waals surface area (Å²) in [7, 11) is 1.59. The number of morpholine rings is 1. The van der Waals surface area contributed by atoms with Crippen LogP contribution in [-0.4, -0.2) is 92.1 Å². The van der Waals surface area contributed by atoms with Crippen LogP contribution in [0.25, 0.3) is 0 Å². The van der Waals surface area contributed by atoms with Crippen LogP contribution in [0.1, 0.15) is 21.6 Å². The standard InChI is InChI=1S/C27H32N6O4/c1-4-19(16-32-12-14-36-15-13-32)17-37-22-8-7-21-23(24(22)35-3)30-27(33-11-10-29-25(21)33)31-26(34)20-6-5-9-28-18(20)2/h4-9,19H,1,10-17H2,2-3H3,(H,30,31,34). The van der Waals surface area contributed by atoms with Gasteiger partial charge in [0.1, 0.15) is 11.5 Å². The minimum Gasteiger partial charge on any atom is -0.491 e. The van der Waals surface area contributed by atoms with Crippen molar-refractivity contribution in [3.63, 3.8) is 0 Å². The van der Waals surface area contributed by atoms with Crippen LogP contribution >= 0.6 is 0 Å². The van der Waals surface area contributed by atoms with E-state index < -0.39 is 0 Å². The Bertz CT molecular complexity index is 1240. The maximum absolute atomic E-state index is 13.1. The van der Waals surface area contributed by atoms with E-state index in [4.69, 9.17) is 19.2 Å². The molecule has 0 aliphatic carbocycles. The molecule has 1 saturated heterocycles. The summed E-state index contributed by atoms with van der Waals surface area (Å²) in [6.45, 7) is 11.7. The number of pyridine rings is 1. The van der Waals surface area contributed by atoms with E-state index in [0.717, 1.165) is 44.2 Å². The second-order valence-corrected chi connectivity index (χ2v) is 9.10. The second-order valence-electron chi connectivity index (χ2n) is 9.10. The molecule has 194 valence electrons. The number of carbonyl (C=O) groups excluding carboxylic acids is 1. The van der Waals surface area contributed by atoms with Crippen molar-refractivity contribution in [2.45, 2.75) is 6.92 Å². The number of methoxy groups -OCH3 is 1. The molecule has 1 N–H and O–H groups in total. The van der Waals surface area contributed by atoms with Crippen molar-refractivity contribution in [1.29, 1.82) is 0 Å². The Morgan fingerprint density at radius 1 is 1.27 bits per heavy atom. The Balaban J connectivity index is 1.39. The maximum atomic E-state index is 13.1. The fraction of sp³-hybridized carbons (Fsp3) is 0.407. The normalized spacial score (nSPS) is 17.7. The van der Waals surface area contributed by atoms with Gasteiger partial charge in [-0.3, -0.25) is 29.9 Å². The molecule has 1 unspecified atom stereocenters. The molecule has 0 radical (unpaired) electrons. The minimum absolute atomic E-state index is 0.148. The lowest BCUT2D eigenvalue weighted by Crippen LogP contribution is -2.47. The topological polar surface area (TPSA) is 101 Å². The van der Waals surface area contributed by atoms with Crippen molar-refractivity contribution in [3.05, 3.63) is 59.9 Å². The number of amidine groups is 1. The molecule has 10 nitrogen and oxygen atoms in total. The Morgan fingerprint density at radius 3 is 2.86 bits per heavy atom. The minimum atomic E-state index is -0.276. The quantitative estimate of drug-likeness (QED) is 0.551. The molecule has 3 aliphatic heterocycles. The lowest BCUT2D eigenvalue weighted by atomic mass is 10.1. The van der Waals surface area contributed by atoms with E-state index in [1.165, 1.54) is 0 Å². The molecule has 3 aliphatic rings. The predicted molar refractivity (Wildman–Crippen MR) is 141 cm³/mol. The monoisotopic (exact) mass is 504 g/mol. The summed E-state index contributed by atoms with van der Waals surface area (Å²) in [6.07, 6.45) is 3.59. The first-order valence-corrected chi connectivity index (χ1v) is 12.5. The molecule has 5 rings (SSSR count). The van der Waals surface area contributed by atoms with Gasteiger partial charge in [0.15, 0.2) is 11.5 Å². The molecule has 1 aromatic carbocycles. The van der Waals surface area contributed by atoms with E-state index in [1.54, 1.807) is 32.4 Å². The molecule has 2 aromatic rings. The van der Waals surface area contributed by atoms with Crippen LogP contribution in [-0.2, 0) is 4.74 Å². The molecular formula is C27H32N6O4. The third kappa shape index (κ3) is 5.21. The molecule has 10 heteroatoms. The number of hydrogen-bond acceptors (Lipinski definition) is 9. The van der Waals surface area contributed by atoms with E-state index in [-0.39, 0.29) is 11.8 Å². The van der Waals surface area contributed by atoms with Gasteiger partial charge in [0.05, 0.1) is 39.0 Å². The Hall–Kier alpha value is -3.76. The molecule has 37 heavy (non-hydrogen) atoms. The van der Waals surface area contributed by atoms with Crippen molar-refractivity contribution < 1.29 is 19.0 Å². The summed E-state index contributed by atoms with van der Waals surface area (Å²) in [5.41, 5.74) is 2.56. The summed E-state index contributed by atoms with van der Waals surface area (Å²) in [4.78, 5) is 31.1. The third-order valence-corrected chi connectivity index (χ3v) is 6.71. The lowest BCUT2D eigenvalue weighted by Gasteiger charge is -2.30. The predicted octanol–water partition coefficient (Wildman–Crippen LogP) is 2.41.